The smallest absolute Gasteiger partial charge is 0.0705 e. The zero-order chi connectivity index (χ0) is 8.81. The van der Waals surface area contributed by atoms with Crippen molar-refractivity contribution in [3.63, 3.8) is 0 Å². The molecule has 0 amide bonds. The molecule has 0 radical (unpaired) electrons. The molecule has 0 bridgehead atoms. The number of hydroxylamine groups is 1. The predicted octanol–water partition coefficient (Wildman–Crippen LogP) is 1.69. The molecule has 0 fully saturated rings. The van der Waals surface area contributed by atoms with Crippen LogP contribution in [-0.4, -0.2) is 11.6 Å². The average molecular weight is 168 g/mol. The highest BCUT2D eigenvalue weighted by atomic mass is 16.6. The van der Waals surface area contributed by atoms with Crippen LogP contribution in [0, 0.1) is 5.92 Å². The lowest BCUT2D eigenvalue weighted by Crippen LogP contribution is -2.17. The highest BCUT2D eigenvalue weighted by Crippen LogP contribution is 1.94. The van der Waals surface area contributed by atoms with Crippen molar-refractivity contribution in [3.8, 4) is 0 Å². The molecule has 3 heteroatoms. The quantitative estimate of drug-likeness (QED) is 0.518. The lowest BCUT2D eigenvalue weighted by Gasteiger charge is -2.06. The molecule has 0 saturated carbocycles. The van der Waals surface area contributed by atoms with Gasteiger partial charge in [-0.25, -0.2) is 0 Å². The van der Waals surface area contributed by atoms with Gasteiger partial charge in [0.05, 0.1) is 13.2 Å². The zero-order valence-corrected chi connectivity index (χ0v) is 7.63. The Morgan fingerprint density at radius 3 is 3.00 bits per heavy atom. The maximum Gasteiger partial charge on any atom is 0.0705 e. The van der Waals surface area contributed by atoms with Gasteiger partial charge in [0.1, 0.15) is 0 Å². The topological polar surface area (TPSA) is 37.0 Å². The van der Waals surface area contributed by atoms with Gasteiger partial charge in [-0.2, -0.15) is 5.48 Å². The summed E-state index contributed by atoms with van der Waals surface area (Å²) in [4.78, 5) is 8.28. The van der Waals surface area contributed by atoms with Gasteiger partial charge in [-0.05, 0) is 18.1 Å². The number of hydrogen-bond donors (Lipinski definition) is 2. The lowest BCUT2D eigenvalue weighted by atomic mass is 10.2. The highest BCUT2D eigenvalue weighted by Gasteiger charge is 1.94. The molecule has 68 valence electrons. The number of aromatic amines is 1. The monoisotopic (exact) mass is 168 g/mol. The molecule has 0 spiro atoms. The van der Waals surface area contributed by atoms with E-state index < -0.39 is 0 Å². The highest BCUT2D eigenvalue weighted by molar-refractivity contribution is 5.02. The summed E-state index contributed by atoms with van der Waals surface area (Å²) in [6, 6.07) is 3.99. The van der Waals surface area contributed by atoms with Crippen molar-refractivity contribution in [1.29, 1.82) is 0 Å². The predicted molar refractivity (Wildman–Crippen MR) is 48.4 cm³/mol. The van der Waals surface area contributed by atoms with Crippen molar-refractivity contribution in [2.24, 2.45) is 5.92 Å². The number of aromatic nitrogens is 1. The first-order chi connectivity index (χ1) is 5.79. The molecule has 3 nitrogen and oxygen atoms in total. The first-order valence-corrected chi connectivity index (χ1v) is 4.26. The molecule has 2 N–H and O–H groups in total. The molecule has 0 aliphatic heterocycles. The van der Waals surface area contributed by atoms with Gasteiger partial charge in [0.25, 0.3) is 0 Å². The number of nitrogens with one attached hydrogen (secondary N) is 2. The molecule has 1 heterocycles. The summed E-state index contributed by atoms with van der Waals surface area (Å²) in [7, 11) is 0. The Labute approximate surface area is 73.1 Å². The first-order valence-electron chi connectivity index (χ1n) is 4.26. The molecule has 1 aromatic heterocycles. The first kappa shape index (κ1) is 9.29. The van der Waals surface area contributed by atoms with Gasteiger partial charge in [-0.1, -0.05) is 13.8 Å². The number of H-pyrrole nitrogens is 1. The third kappa shape index (κ3) is 3.55. The Morgan fingerprint density at radius 1 is 1.58 bits per heavy atom. The summed E-state index contributed by atoms with van der Waals surface area (Å²) in [5, 5.41) is 0. The van der Waals surface area contributed by atoms with E-state index >= 15 is 0 Å². The summed E-state index contributed by atoms with van der Waals surface area (Å²) in [6.07, 6.45) is 1.90. The fourth-order valence-corrected chi connectivity index (χ4v) is 0.832. The van der Waals surface area contributed by atoms with Crippen LogP contribution >= 0.6 is 0 Å². The standard InChI is InChI=1S/C9H16N2O/c1-8(2)7-12-11-6-9-4-3-5-10-9/h3-5,8,10-11H,6-7H2,1-2H3. The van der Waals surface area contributed by atoms with Crippen LogP contribution in [-0.2, 0) is 11.4 Å². The molecule has 0 atom stereocenters. The zero-order valence-electron chi connectivity index (χ0n) is 7.63. The van der Waals surface area contributed by atoms with E-state index in [-0.39, 0.29) is 0 Å². The number of hydrogen-bond acceptors (Lipinski definition) is 2. The molecule has 12 heavy (non-hydrogen) atoms. The van der Waals surface area contributed by atoms with Gasteiger partial charge in [0.2, 0.25) is 0 Å². The fraction of sp³-hybridized carbons (Fsp3) is 0.556. The molecule has 0 saturated heterocycles. The minimum atomic E-state index is 0.571. The lowest BCUT2D eigenvalue weighted by molar-refractivity contribution is 0.0191. The van der Waals surface area contributed by atoms with Gasteiger partial charge in [0.15, 0.2) is 0 Å². The van der Waals surface area contributed by atoms with E-state index in [4.69, 9.17) is 4.84 Å². The van der Waals surface area contributed by atoms with Crippen LogP contribution in [0.15, 0.2) is 18.3 Å². The van der Waals surface area contributed by atoms with E-state index in [0.29, 0.717) is 5.92 Å². The molecular weight excluding hydrogens is 152 g/mol. The summed E-state index contributed by atoms with van der Waals surface area (Å²) >= 11 is 0. The van der Waals surface area contributed by atoms with Crippen LogP contribution in [0.3, 0.4) is 0 Å². The van der Waals surface area contributed by atoms with Crippen molar-refractivity contribution in [3.05, 3.63) is 24.0 Å². The van der Waals surface area contributed by atoms with Crippen molar-refractivity contribution in [1.82, 2.24) is 10.5 Å². The van der Waals surface area contributed by atoms with Crippen LogP contribution in [0.25, 0.3) is 0 Å². The molecule has 0 unspecified atom stereocenters. The van der Waals surface area contributed by atoms with Crippen molar-refractivity contribution < 1.29 is 4.84 Å². The van der Waals surface area contributed by atoms with Crippen LogP contribution in [0.5, 0.6) is 0 Å². The second kappa shape index (κ2) is 4.95. The van der Waals surface area contributed by atoms with Gasteiger partial charge in [0, 0.05) is 11.9 Å². The van der Waals surface area contributed by atoms with Gasteiger partial charge < -0.3 is 9.82 Å². The Hall–Kier alpha value is -0.800. The van der Waals surface area contributed by atoms with E-state index in [1.165, 1.54) is 0 Å². The van der Waals surface area contributed by atoms with Crippen LogP contribution in [0.4, 0.5) is 0 Å². The van der Waals surface area contributed by atoms with Crippen LogP contribution in [0.1, 0.15) is 19.5 Å². The Kier molecular flexibility index (Phi) is 3.84. The third-order valence-electron chi connectivity index (χ3n) is 1.44. The Morgan fingerprint density at radius 2 is 2.42 bits per heavy atom. The van der Waals surface area contributed by atoms with E-state index in [9.17, 15) is 0 Å². The molecule has 1 aromatic rings. The van der Waals surface area contributed by atoms with Gasteiger partial charge >= 0.3 is 0 Å². The normalized spacial score (nSPS) is 10.9. The Balaban J connectivity index is 2.04. The van der Waals surface area contributed by atoms with Crippen molar-refractivity contribution in [2.45, 2.75) is 20.4 Å². The summed E-state index contributed by atoms with van der Waals surface area (Å²) in [6.45, 7) is 5.73. The number of rotatable bonds is 5. The molecular formula is C9H16N2O. The van der Waals surface area contributed by atoms with Crippen molar-refractivity contribution in [2.75, 3.05) is 6.61 Å². The summed E-state index contributed by atoms with van der Waals surface area (Å²) in [5.41, 5.74) is 4.03. The van der Waals surface area contributed by atoms with E-state index in [1.807, 2.05) is 18.3 Å². The van der Waals surface area contributed by atoms with E-state index in [1.54, 1.807) is 0 Å². The maximum atomic E-state index is 5.20. The minimum absolute atomic E-state index is 0.571. The molecule has 0 aromatic carbocycles. The molecule has 1 rings (SSSR count). The minimum Gasteiger partial charge on any atom is -0.364 e. The van der Waals surface area contributed by atoms with Gasteiger partial charge in [-0.15, -0.1) is 0 Å². The third-order valence-corrected chi connectivity index (χ3v) is 1.44. The fourth-order valence-electron chi connectivity index (χ4n) is 0.832. The van der Waals surface area contributed by atoms with Crippen molar-refractivity contribution >= 4 is 0 Å². The maximum absolute atomic E-state index is 5.20. The summed E-state index contributed by atoms with van der Waals surface area (Å²) in [5.74, 6) is 0.571. The van der Waals surface area contributed by atoms with E-state index in [0.717, 1.165) is 18.8 Å². The average Bonchev–Trinajstić information content (AvgIpc) is 2.49. The summed E-state index contributed by atoms with van der Waals surface area (Å²) < 4.78 is 0. The van der Waals surface area contributed by atoms with Crippen LogP contribution < -0.4 is 5.48 Å². The largest absolute Gasteiger partial charge is 0.364 e. The second-order valence-electron chi connectivity index (χ2n) is 3.22. The van der Waals surface area contributed by atoms with Crippen LogP contribution in [0.2, 0.25) is 0 Å². The second-order valence-corrected chi connectivity index (χ2v) is 3.22. The Bertz CT molecular complexity index is 194. The van der Waals surface area contributed by atoms with Gasteiger partial charge in [-0.3, -0.25) is 0 Å². The molecule has 0 aliphatic rings. The molecule has 0 aliphatic carbocycles. The SMILES string of the molecule is CC(C)CONCc1ccc[nH]1. The van der Waals surface area contributed by atoms with E-state index in [2.05, 4.69) is 24.3 Å².